The van der Waals surface area contributed by atoms with Gasteiger partial charge in [-0.25, -0.2) is 0 Å². The van der Waals surface area contributed by atoms with Crippen molar-refractivity contribution in [1.82, 2.24) is 0 Å². The van der Waals surface area contributed by atoms with Crippen molar-refractivity contribution in [3.63, 3.8) is 0 Å². The van der Waals surface area contributed by atoms with E-state index in [4.69, 9.17) is 4.74 Å². The first kappa shape index (κ1) is 28.2. The van der Waals surface area contributed by atoms with Crippen LogP contribution in [0.4, 0.5) is 0 Å². The molecule has 2 heteroatoms. The van der Waals surface area contributed by atoms with E-state index in [2.05, 4.69) is 45.9 Å². The van der Waals surface area contributed by atoms with Gasteiger partial charge < -0.3 is 0 Å². The Morgan fingerprint density at radius 1 is 0.679 bits per heavy atom. The van der Waals surface area contributed by atoms with E-state index in [0.717, 1.165) is 6.61 Å². The van der Waals surface area contributed by atoms with Gasteiger partial charge in [0.05, 0.1) is 0 Å². The summed E-state index contributed by atoms with van der Waals surface area (Å²) in [5, 5.41) is 0. The fourth-order valence-electron chi connectivity index (χ4n) is 4.17. The van der Waals surface area contributed by atoms with Crippen molar-refractivity contribution in [2.24, 2.45) is 0 Å². The van der Waals surface area contributed by atoms with Crippen molar-refractivity contribution in [2.75, 3.05) is 13.7 Å². The summed E-state index contributed by atoms with van der Waals surface area (Å²) in [7, 11) is 1.81. The third kappa shape index (κ3) is 13.5. The van der Waals surface area contributed by atoms with Gasteiger partial charge in [0, 0.05) is 0 Å². The molecule has 0 radical (unpaired) electrons. The molecule has 0 saturated heterocycles. The molecule has 166 valence electrons. The summed E-state index contributed by atoms with van der Waals surface area (Å²) in [6.45, 7) is 10.4. The zero-order valence-corrected chi connectivity index (χ0v) is 23.0. The van der Waals surface area contributed by atoms with Gasteiger partial charge in [0.25, 0.3) is 0 Å². The molecule has 0 aliphatic heterocycles. The standard InChI is InChI=1S/C14H25O.3C4H9.Sn/c1-3-4-5-6-7-8-9-10-11-12-13-14-15-2;3*1-3-4-2;/h6,8-9H,3-5,10-14H2,1-2H3;3*1,3-4H2,2H3;/b7-6?,9-8+;;;;. The number of hydrogen-bond acceptors (Lipinski definition) is 1. The van der Waals surface area contributed by atoms with Gasteiger partial charge in [-0.3, -0.25) is 0 Å². The van der Waals surface area contributed by atoms with Crippen LogP contribution < -0.4 is 0 Å². The van der Waals surface area contributed by atoms with E-state index in [0.29, 0.717) is 0 Å². The molecule has 0 aromatic carbocycles. The van der Waals surface area contributed by atoms with Crippen molar-refractivity contribution in [2.45, 2.75) is 124 Å². The third-order valence-electron chi connectivity index (χ3n) is 6.08. The van der Waals surface area contributed by atoms with Crippen LogP contribution in [0.25, 0.3) is 0 Å². The number of ether oxygens (including phenoxy) is 1. The summed E-state index contributed by atoms with van der Waals surface area (Å²) in [5.74, 6) is 0. The Morgan fingerprint density at radius 2 is 1.25 bits per heavy atom. The summed E-state index contributed by atoms with van der Waals surface area (Å²) in [5.41, 5.74) is 0. The normalized spacial score (nSPS) is 13.0. The molecule has 0 unspecified atom stereocenters. The van der Waals surface area contributed by atoms with Crippen molar-refractivity contribution in [3.05, 3.63) is 21.8 Å². The molecule has 0 spiro atoms. The van der Waals surface area contributed by atoms with E-state index >= 15 is 0 Å². The molecular weight excluding hydrogens is 447 g/mol. The molecule has 0 aromatic rings. The number of hydrogen-bond donors (Lipinski definition) is 0. The molecule has 0 rings (SSSR count). The SMILES string of the molecule is CCCC/C=[C](/C=C/CCCCCOC)[Sn]([CH2]CCC)([CH2]CCC)[CH2]CCC. The Balaban J connectivity index is 5.32. The van der Waals surface area contributed by atoms with Gasteiger partial charge in [-0.05, 0) is 0 Å². The molecule has 0 saturated carbocycles. The maximum absolute atomic E-state index is 5.18. The van der Waals surface area contributed by atoms with Crippen LogP contribution in [0.5, 0.6) is 0 Å². The first-order valence-electron chi connectivity index (χ1n) is 12.6. The van der Waals surface area contributed by atoms with Gasteiger partial charge in [0.1, 0.15) is 0 Å². The fourth-order valence-corrected chi connectivity index (χ4v) is 20.6. The van der Waals surface area contributed by atoms with Gasteiger partial charge in [-0.1, -0.05) is 0 Å². The van der Waals surface area contributed by atoms with E-state index < -0.39 is 18.4 Å². The second-order valence-corrected chi connectivity index (χ2v) is 21.9. The number of methoxy groups -OCH3 is 1. The monoisotopic (exact) mass is 500 g/mol. The molecule has 0 aromatic heterocycles. The molecule has 0 heterocycles. The van der Waals surface area contributed by atoms with Crippen LogP contribution >= 0.6 is 0 Å². The van der Waals surface area contributed by atoms with Gasteiger partial charge >= 0.3 is 183 Å². The van der Waals surface area contributed by atoms with E-state index in [9.17, 15) is 0 Å². The van der Waals surface area contributed by atoms with Gasteiger partial charge in [-0.15, -0.1) is 0 Å². The second-order valence-electron chi connectivity index (χ2n) is 8.64. The fraction of sp³-hybridized carbons (Fsp3) is 0.846. The van der Waals surface area contributed by atoms with Gasteiger partial charge in [0.15, 0.2) is 0 Å². The molecule has 0 aliphatic rings. The van der Waals surface area contributed by atoms with Crippen LogP contribution in [-0.2, 0) is 4.74 Å². The summed E-state index contributed by atoms with van der Waals surface area (Å²) >= 11 is -2.28. The molecule has 0 N–H and O–H groups in total. The molecule has 0 bridgehead atoms. The van der Waals surface area contributed by atoms with E-state index in [1.165, 1.54) is 83.5 Å². The zero-order chi connectivity index (χ0) is 20.9. The summed E-state index contributed by atoms with van der Waals surface area (Å²) in [6.07, 6.45) is 25.3. The molecule has 0 aliphatic carbocycles. The average molecular weight is 499 g/mol. The van der Waals surface area contributed by atoms with Crippen molar-refractivity contribution in [1.29, 1.82) is 0 Å². The topological polar surface area (TPSA) is 9.23 Å². The minimum atomic E-state index is -2.28. The number of rotatable bonds is 20. The second kappa shape index (κ2) is 20.5. The molecule has 1 nitrogen and oxygen atoms in total. The number of unbranched alkanes of at least 4 members (excludes halogenated alkanes) is 8. The summed E-state index contributed by atoms with van der Waals surface area (Å²) in [6, 6.07) is 0. The van der Waals surface area contributed by atoms with E-state index in [-0.39, 0.29) is 0 Å². The average Bonchev–Trinajstić information content (AvgIpc) is 2.72. The Bertz CT molecular complexity index is 364. The van der Waals surface area contributed by atoms with Crippen molar-refractivity contribution < 1.29 is 4.74 Å². The Kier molecular flexibility index (Phi) is 20.7. The first-order chi connectivity index (χ1) is 13.7. The van der Waals surface area contributed by atoms with E-state index in [1.54, 1.807) is 13.3 Å². The predicted octanol–water partition coefficient (Wildman–Crippen LogP) is 9.25. The Hall–Kier alpha value is 0.239. The molecule has 0 fully saturated rings. The van der Waals surface area contributed by atoms with Crippen LogP contribution in [0.1, 0.15) is 111 Å². The first-order valence-corrected chi connectivity index (χ1v) is 20.0. The van der Waals surface area contributed by atoms with Crippen molar-refractivity contribution >= 4 is 18.4 Å². The van der Waals surface area contributed by atoms with Crippen LogP contribution in [0.15, 0.2) is 21.8 Å². The van der Waals surface area contributed by atoms with Crippen LogP contribution in [0, 0.1) is 0 Å². The van der Waals surface area contributed by atoms with Crippen LogP contribution in [-0.4, -0.2) is 32.1 Å². The molecular formula is C26H52OSn. The zero-order valence-electron chi connectivity index (χ0n) is 20.2. The third-order valence-corrected chi connectivity index (χ3v) is 21.9. The molecule has 28 heavy (non-hydrogen) atoms. The number of allylic oxidation sites excluding steroid dienone is 4. The van der Waals surface area contributed by atoms with Crippen molar-refractivity contribution in [3.8, 4) is 0 Å². The van der Waals surface area contributed by atoms with E-state index in [1.807, 2.05) is 10.7 Å². The summed E-state index contributed by atoms with van der Waals surface area (Å²) in [4.78, 5) is 0. The predicted molar refractivity (Wildman–Crippen MR) is 132 cm³/mol. The molecule has 0 atom stereocenters. The summed E-state index contributed by atoms with van der Waals surface area (Å²) < 4.78 is 11.8. The van der Waals surface area contributed by atoms with Gasteiger partial charge in [-0.2, -0.15) is 0 Å². The molecule has 0 amide bonds. The Labute approximate surface area is 182 Å². The quantitative estimate of drug-likeness (QED) is 0.0922. The maximum atomic E-state index is 5.18. The van der Waals surface area contributed by atoms with Crippen LogP contribution in [0.3, 0.4) is 0 Å². The van der Waals surface area contributed by atoms with Gasteiger partial charge in [0.2, 0.25) is 0 Å². The minimum absolute atomic E-state index is 0.913. The van der Waals surface area contributed by atoms with Crippen LogP contribution in [0.2, 0.25) is 13.3 Å². The Morgan fingerprint density at radius 3 is 1.75 bits per heavy atom.